The van der Waals surface area contributed by atoms with Crippen LogP contribution in [0.15, 0.2) is 17.6 Å². The molecule has 0 amide bonds. The van der Waals surface area contributed by atoms with Crippen molar-refractivity contribution in [3.8, 4) is 0 Å². The van der Waals surface area contributed by atoms with Crippen molar-refractivity contribution < 1.29 is 4.79 Å². The summed E-state index contributed by atoms with van der Waals surface area (Å²) in [4.78, 5) is 14.9. The summed E-state index contributed by atoms with van der Waals surface area (Å²) in [6, 6.07) is 0. The average Bonchev–Trinajstić information content (AvgIpc) is 2.33. The molecule has 1 aliphatic rings. The van der Waals surface area contributed by atoms with E-state index in [0.29, 0.717) is 12.3 Å². The lowest BCUT2D eigenvalue weighted by molar-refractivity contribution is -0.117. The minimum absolute atomic E-state index is 0.274. The first kappa shape index (κ1) is 5.97. The van der Waals surface area contributed by atoms with Crippen LogP contribution in [0.2, 0.25) is 0 Å². The molecular weight excluding hydrogens is 148 g/mol. The highest BCUT2D eigenvalue weighted by Crippen LogP contribution is 2.19. The van der Waals surface area contributed by atoms with Gasteiger partial charge in [0.25, 0.3) is 0 Å². The van der Waals surface area contributed by atoms with E-state index < -0.39 is 0 Å². The van der Waals surface area contributed by atoms with Gasteiger partial charge in [-0.2, -0.15) is 0 Å². The smallest absolute Gasteiger partial charge is 0.168 e. The normalized spacial score (nSPS) is 17.0. The number of ketones is 1. The Labute approximate surface area is 62.4 Å². The summed E-state index contributed by atoms with van der Waals surface area (Å²) < 4.78 is 1.87. The molecule has 0 saturated carbocycles. The van der Waals surface area contributed by atoms with E-state index in [2.05, 4.69) is 4.98 Å². The summed E-state index contributed by atoms with van der Waals surface area (Å²) in [5.41, 5.74) is 0. The van der Waals surface area contributed by atoms with Crippen LogP contribution in [-0.2, 0) is 11.3 Å². The number of hydrogen-bond acceptors (Lipinski definition) is 3. The van der Waals surface area contributed by atoms with Crippen LogP contribution in [0.4, 0.5) is 0 Å². The fourth-order valence-electron chi connectivity index (χ4n) is 0.937. The Morgan fingerprint density at radius 3 is 3.50 bits per heavy atom. The molecule has 4 heteroatoms. The number of Topliss-reactive ketones (excluding diaryl/α,β-unsaturated/α-hetero) is 1. The van der Waals surface area contributed by atoms with Crippen LogP contribution in [0.25, 0.3) is 0 Å². The SMILES string of the molecule is O=C1CSc2nccn2C1. The van der Waals surface area contributed by atoms with Gasteiger partial charge in [-0.05, 0) is 0 Å². The number of fused-ring (bicyclic) bond motifs is 1. The predicted octanol–water partition coefficient (Wildman–Crippen LogP) is 0.558. The fourth-order valence-corrected chi connectivity index (χ4v) is 1.74. The van der Waals surface area contributed by atoms with Crippen LogP contribution in [0, 0.1) is 0 Å². The second-order valence-corrected chi connectivity index (χ2v) is 3.11. The zero-order valence-corrected chi connectivity index (χ0v) is 6.10. The van der Waals surface area contributed by atoms with Crippen molar-refractivity contribution in [1.82, 2.24) is 9.55 Å². The zero-order valence-electron chi connectivity index (χ0n) is 5.28. The summed E-state index contributed by atoms with van der Waals surface area (Å²) >= 11 is 1.51. The lowest BCUT2D eigenvalue weighted by Crippen LogP contribution is -2.17. The van der Waals surface area contributed by atoms with Crippen molar-refractivity contribution in [1.29, 1.82) is 0 Å². The van der Waals surface area contributed by atoms with Gasteiger partial charge in [-0.15, -0.1) is 0 Å². The minimum Gasteiger partial charge on any atom is -0.319 e. The van der Waals surface area contributed by atoms with Gasteiger partial charge in [-0.25, -0.2) is 4.98 Å². The first-order chi connectivity index (χ1) is 4.86. The first-order valence-electron chi connectivity index (χ1n) is 3.02. The van der Waals surface area contributed by atoms with Gasteiger partial charge in [0.2, 0.25) is 0 Å². The Morgan fingerprint density at radius 2 is 2.60 bits per heavy atom. The summed E-state index contributed by atoms with van der Waals surface area (Å²) in [6.07, 6.45) is 3.56. The van der Waals surface area contributed by atoms with Gasteiger partial charge in [0.15, 0.2) is 10.9 Å². The van der Waals surface area contributed by atoms with Crippen molar-refractivity contribution in [2.45, 2.75) is 11.7 Å². The molecule has 1 aromatic rings. The van der Waals surface area contributed by atoms with Crippen molar-refractivity contribution in [2.24, 2.45) is 0 Å². The van der Waals surface area contributed by atoms with Crippen molar-refractivity contribution >= 4 is 17.5 Å². The number of thioether (sulfide) groups is 1. The van der Waals surface area contributed by atoms with E-state index in [0.717, 1.165) is 5.16 Å². The number of rotatable bonds is 0. The highest BCUT2D eigenvalue weighted by molar-refractivity contribution is 7.99. The van der Waals surface area contributed by atoms with Crippen molar-refractivity contribution in [3.05, 3.63) is 12.4 Å². The Bertz CT molecular complexity index is 268. The van der Waals surface area contributed by atoms with Gasteiger partial charge in [-0.3, -0.25) is 4.79 Å². The second-order valence-electron chi connectivity index (χ2n) is 2.17. The van der Waals surface area contributed by atoms with Gasteiger partial charge in [0.1, 0.15) is 0 Å². The number of aromatic nitrogens is 2. The molecule has 10 heavy (non-hydrogen) atoms. The van der Waals surface area contributed by atoms with Crippen LogP contribution in [0.5, 0.6) is 0 Å². The highest BCUT2D eigenvalue weighted by Gasteiger charge is 2.14. The van der Waals surface area contributed by atoms with Crippen LogP contribution in [-0.4, -0.2) is 21.1 Å². The van der Waals surface area contributed by atoms with Crippen LogP contribution in [0.3, 0.4) is 0 Å². The maximum absolute atomic E-state index is 10.9. The van der Waals surface area contributed by atoms with Crippen LogP contribution < -0.4 is 0 Å². The molecular formula is C6H6N2OS. The molecule has 0 bridgehead atoms. The molecule has 0 spiro atoms. The summed E-state index contributed by atoms with van der Waals surface area (Å²) in [6.45, 7) is 0.502. The van der Waals surface area contributed by atoms with Gasteiger partial charge in [0.05, 0.1) is 12.3 Å². The Hall–Kier alpha value is -0.770. The van der Waals surface area contributed by atoms with Crippen molar-refractivity contribution in [2.75, 3.05) is 5.75 Å². The number of imidazole rings is 1. The first-order valence-corrected chi connectivity index (χ1v) is 4.00. The molecule has 0 aliphatic carbocycles. The van der Waals surface area contributed by atoms with Crippen LogP contribution >= 0.6 is 11.8 Å². The van der Waals surface area contributed by atoms with E-state index in [1.54, 1.807) is 6.20 Å². The third-order valence-corrected chi connectivity index (χ3v) is 2.45. The molecule has 0 atom stereocenters. The molecule has 0 aromatic carbocycles. The van der Waals surface area contributed by atoms with Gasteiger partial charge in [-0.1, -0.05) is 11.8 Å². The molecule has 3 nitrogen and oxygen atoms in total. The third-order valence-electron chi connectivity index (χ3n) is 1.39. The molecule has 52 valence electrons. The number of carbonyl (C=O) groups excluding carboxylic acids is 1. The van der Waals surface area contributed by atoms with Gasteiger partial charge >= 0.3 is 0 Å². The van der Waals surface area contributed by atoms with Gasteiger partial charge < -0.3 is 4.57 Å². The molecule has 2 rings (SSSR count). The van der Waals surface area contributed by atoms with E-state index in [9.17, 15) is 4.79 Å². The quantitative estimate of drug-likeness (QED) is 0.547. The molecule has 1 aromatic heterocycles. The van der Waals surface area contributed by atoms with E-state index >= 15 is 0 Å². The van der Waals surface area contributed by atoms with E-state index in [1.807, 2.05) is 10.8 Å². The number of hydrogen-bond donors (Lipinski definition) is 0. The van der Waals surface area contributed by atoms with Crippen LogP contribution in [0.1, 0.15) is 0 Å². The molecule has 1 aliphatic heterocycles. The van der Waals surface area contributed by atoms with E-state index in [4.69, 9.17) is 0 Å². The van der Waals surface area contributed by atoms with Crippen molar-refractivity contribution in [3.63, 3.8) is 0 Å². The molecule has 0 unspecified atom stereocenters. The average molecular weight is 154 g/mol. The molecule has 0 saturated heterocycles. The highest BCUT2D eigenvalue weighted by atomic mass is 32.2. The fraction of sp³-hybridized carbons (Fsp3) is 0.333. The molecule has 2 heterocycles. The summed E-state index contributed by atoms with van der Waals surface area (Å²) in [7, 11) is 0. The number of carbonyl (C=O) groups is 1. The molecule has 0 N–H and O–H groups in total. The molecule has 0 radical (unpaired) electrons. The Kier molecular flexibility index (Phi) is 1.27. The molecule has 0 fully saturated rings. The van der Waals surface area contributed by atoms with E-state index in [1.165, 1.54) is 11.8 Å². The standard InChI is InChI=1S/C6H6N2OS/c9-5-3-8-2-1-7-6(8)10-4-5/h1-2H,3-4H2. The predicted molar refractivity (Wildman–Crippen MR) is 38.0 cm³/mol. The Morgan fingerprint density at radius 1 is 1.70 bits per heavy atom. The third kappa shape index (κ3) is 0.844. The summed E-state index contributed by atoms with van der Waals surface area (Å²) in [5, 5.41) is 0.958. The lowest BCUT2D eigenvalue weighted by Gasteiger charge is -2.10. The maximum atomic E-state index is 10.9. The van der Waals surface area contributed by atoms with Gasteiger partial charge in [0, 0.05) is 12.4 Å². The maximum Gasteiger partial charge on any atom is 0.168 e. The lowest BCUT2D eigenvalue weighted by atomic mass is 10.4. The zero-order chi connectivity index (χ0) is 6.97. The minimum atomic E-state index is 0.274. The number of nitrogens with zero attached hydrogens (tertiary/aromatic N) is 2. The topological polar surface area (TPSA) is 34.9 Å². The summed E-state index contributed by atoms with van der Waals surface area (Å²) in [5.74, 6) is 0.854. The second kappa shape index (κ2) is 2.12. The largest absolute Gasteiger partial charge is 0.319 e. The van der Waals surface area contributed by atoms with E-state index in [-0.39, 0.29) is 5.78 Å². The monoisotopic (exact) mass is 154 g/mol. The Balaban J connectivity index is 2.39.